The van der Waals surface area contributed by atoms with E-state index >= 15 is 0 Å². The summed E-state index contributed by atoms with van der Waals surface area (Å²) < 4.78 is 0. The van der Waals surface area contributed by atoms with Gasteiger partial charge in [0, 0.05) is 12.8 Å². The summed E-state index contributed by atoms with van der Waals surface area (Å²) in [5.41, 5.74) is 0. The Morgan fingerprint density at radius 3 is 0.923 bits per heavy atom. The third-order valence-corrected chi connectivity index (χ3v) is 0.316. The predicted octanol–water partition coefficient (Wildman–Crippen LogP) is 2.03. The van der Waals surface area contributed by atoms with Crippen molar-refractivity contribution >= 4 is 0 Å². The van der Waals surface area contributed by atoms with Crippen LogP contribution in [0.2, 0.25) is 0 Å². The molecule has 0 rings (SSSR count). The van der Waals surface area contributed by atoms with Crippen LogP contribution in [0.15, 0.2) is 0 Å². The monoisotopic (exact) mass is 268 g/mol. The van der Waals surface area contributed by atoms with E-state index in [0.29, 0.717) is 12.8 Å². The molecule has 13 heavy (non-hydrogen) atoms. The molecule has 0 saturated carbocycles. The molecule has 0 bridgehead atoms. The number of rotatable bonds is 0. The average Bonchev–Trinajstić information content (AvgIpc) is 2.23. The van der Waals surface area contributed by atoms with Gasteiger partial charge in [-0.1, -0.05) is 13.8 Å². The molecule has 0 spiro atoms. The van der Waals surface area contributed by atoms with Crippen LogP contribution >= 0.6 is 0 Å². The van der Waals surface area contributed by atoms with Gasteiger partial charge in [-0.3, -0.25) is 0 Å². The third-order valence-electron chi connectivity index (χ3n) is 0.316. The molecular weight excluding hydrogens is 259 g/mol. The summed E-state index contributed by atoms with van der Waals surface area (Å²) in [5, 5.41) is 27.8. The Balaban J connectivity index is -0.0000000226. The number of nitrogens with zero attached hydrogens (tertiary/aromatic N) is 4. The van der Waals surface area contributed by atoms with E-state index in [9.17, 15) is 0 Å². The van der Waals surface area contributed by atoms with E-state index < -0.39 is 0 Å². The summed E-state index contributed by atoms with van der Waals surface area (Å²) >= 11 is 0. The van der Waals surface area contributed by atoms with Crippen molar-refractivity contribution in [3.8, 4) is 12.1 Å². The summed E-state index contributed by atoms with van der Waals surface area (Å²) in [5.74, 6) is 0. The quantitative estimate of drug-likeness (QED) is 0.496. The van der Waals surface area contributed by atoms with Crippen LogP contribution < -0.4 is 0 Å². The zero-order chi connectivity index (χ0) is 10.8. The SMILES string of the molecule is CCC#N.CCC#N.[C-]#N.[C-]#N.[Pd+2]. The normalized spacial score (nSPS) is 3.38. The van der Waals surface area contributed by atoms with Gasteiger partial charge in [0.15, 0.2) is 0 Å². The first kappa shape index (κ1) is 29.9. The molecule has 0 radical (unpaired) electrons. The fraction of sp³-hybridized carbons (Fsp3) is 0.500. The molecular formula is C8H10N4Pd. The zero-order valence-electron chi connectivity index (χ0n) is 7.52. The van der Waals surface area contributed by atoms with Gasteiger partial charge in [0.1, 0.15) is 0 Å². The molecule has 0 fully saturated rings. The van der Waals surface area contributed by atoms with Crippen LogP contribution in [0.3, 0.4) is 0 Å². The van der Waals surface area contributed by atoms with Crippen molar-refractivity contribution in [1.29, 1.82) is 21.0 Å². The van der Waals surface area contributed by atoms with E-state index in [1.807, 2.05) is 26.0 Å². The van der Waals surface area contributed by atoms with Crippen LogP contribution in [0.1, 0.15) is 26.7 Å². The minimum absolute atomic E-state index is 0. The van der Waals surface area contributed by atoms with Crippen molar-refractivity contribution in [2.24, 2.45) is 0 Å². The summed E-state index contributed by atoms with van der Waals surface area (Å²) in [6.07, 6.45) is 1.25. The molecule has 0 amide bonds. The van der Waals surface area contributed by atoms with Crippen molar-refractivity contribution in [3.05, 3.63) is 13.1 Å². The minimum atomic E-state index is 0. The van der Waals surface area contributed by atoms with E-state index in [1.54, 1.807) is 0 Å². The van der Waals surface area contributed by atoms with Crippen LogP contribution in [0, 0.1) is 46.3 Å². The largest absolute Gasteiger partial charge is 2.00 e. The molecule has 0 aromatic rings. The summed E-state index contributed by atoms with van der Waals surface area (Å²) in [6, 6.07) is 3.86. The van der Waals surface area contributed by atoms with Gasteiger partial charge in [-0.25, -0.2) is 0 Å². The van der Waals surface area contributed by atoms with Gasteiger partial charge in [-0.15, -0.1) is 0 Å². The number of hydrogen-bond donors (Lipinski definition) is 0. The topological polar surface area (TPSA) is 95.2 Å². The van der Waals surface area contributed by atoms with Crippen LogP contribution in [0.25, 0.3) is 0 Å². The molecule has 0 unspecified atom stereocenters. The maximum absolute atomic E-state index is 7.62. The van der Waals surface area contributed by atoms with E-state index in [-0.39, 0.29) is 20.4 Å². The Bertz CT molecular complexity index is 140. The standard InChI is InChI=1S/2C3H5N.2CN.Pd/c2*1-2-3-4;2*1-2;/h2*2H2,1H3;;;/q;;2*-1;+2. The number of hydrogen-bond acceptors (Lipinski definition) is 4. The molecule has 0 atom stereocenters. The molecule has 0 aliphatic heterocycles. The zero-order valence-corrected chi connectivity index (χ0v) is 9.07. The van der Waals surface area contributed by atoms with E-state index in [0.717, 1.165) is 0 Å². The van der Waals surface area contributed by atoms with Gasteiger partial charge in [-0.2, -0.15) is 10.5 Å². The first-order valence-electron chi connectivity index (χ1n) is 3.02. The van der Waals surface area contributed by atoms with Crippen LogP contribution in [-0.4, -0.2) is 0 Å². The van der Waals surface area contributed by atoms with Crippen molar-refractivity contribution in [1.82, 2.24) is 0 Å². The molecule has 0 aromatic carbocycles. The van der Waals surface area contributed by atoms with Crippen molar-refractivity contribution < 1.29 is 20.4 Å². The van der Waals surface area contributed by atoms with Crippen molar-refractivity contribution in [2.45, 2.75) is 26.7 Å². The molecule has 0 heterocycles. The Kier molecular flexibility index (Phi) is 329. The molecule has 72 valence electrons. The second-order valence-corrected chi connectivity index (χ2v) is 1.02. The number of nitriles is 2. The van der Waals surface area contributed by atoms with Gasteiger partial charge in [0.05, 0.1) is 12.1 Å². The van der Waals surface area contributed by atoms with Crippen molar-refractivity contribution in [3.63, 3.8) is 0 Å². The summed E-state index contributed by atoms with van der Waals surface area (Å²) in [6.45, 7) is 13.1. The molecule has 4 nitrogen and oxygen atoms in total. The van der Waals surface area contributed by atoms with Crippen LogP contribution in [0.4, 0.5) is 0 Å². The van der Waals surface area contributed by atoms with Gasteiger partial charge in [-0.05, 0) is 0 Å². The molecule has 0 aromatic heterocycles. The van der Waals surface area contributed by atoms with E-state index in [2.05, 4.69) is 0 Å². The first-order valence-corrected chi connectivity index (χ1v) is 3.02. The Morgan fingerprint density at radius 1 is 0.846 bits per heavy atom. The molecule has 0 N–H and O–H groups in total. The summed E-state index contributed by atoms with van der Waals surface area (Å²) in [7, 11) is 0. The minimum Gasteiger partial charge on any atom is -0.512 e. The maximum Gasteiger partial charge on any atom is 2.00 e. The second-order valence-electron chi connectivity index (χ2n) is 1.02. The first-order chi connectivity index (χ1) is 5.83. The van der Waals surface area contributed by atoms with Crippen LogP contribution in [-0.2, 0) is 20.4 Å². The smallest absolute Gasteiger partial charge is 0.512 e. The Morgan fingerprint density at radius 2 is 0.923 bits per heavy atom. The maximum atomic E-state index is 7.62. The summed E-state index contributed by atoms with van der Waals surface area (Å²) in [4.78, 5) is 0. The predicted molar refractivity (Wildman–Crippen MR) is 41.7 cm³/mol. The van der Waals surface area contributed by atoms with Gasteiger partial charge in [0.2, 0.25) is 0 Å². The molecule has 0 aliphatic rings. The van der Waals surface area contributed by atoms with Crippen LogP contribution in [0.5, 0.6) is 0 Å². The Hall–Kier alpha value is -1.38. The van der Waals surface area contributed by atoms with Gasteiger partial charge < -0.3 is 23.7 Å². The van der Waals surface area contributed by atoms with E-state index in [4.69, 9.17) is 34.2 Å². The molecule has 0 aliphatic carbocycles. The van der Waals surface area contributed by atoms with Crippen molar-refractivity contribution in [2.75, 3.05) is 0 Å². The fourth-order valence-corrected chi connectivity index (χ4v) is 0. The Labute approximate surface area is 93.7 Å². The molecule has 0 saturated heterocycles. The fourth-order valence-electron chi connectivity index (χ4n) is 0. The van der Waals surface area contributed by atoms with Gasteiger partial charge in [0.25, 0.3) is 0 Å². The molecule has 5 heteroatoms. The van der Waals surface area contributed by atoms with Gasteiger partial charge >= 0.3 is 20.4 Å². The van der Waals surface area contributed by atoms with E-state index in [1.165, 1.54) is 0 Å². The average molecular weight is 269 g/mol. The third kappa shape index (κ3) is 2040. The second kappa shape index (κ2) is 143.